The van der Waals surface area contributed by atoms with E-state index in [0.29, 0.717) is 23.9 Å². The highest BCUT2D eigenvalue weighted by molar-refractivity contribution is 7.99. The molecular formula is C22H25N5O3S2. The first-order chi connectivity index (χ1) is 15.4. The number of nitrogens with zero attached hydrogens (tertiary/aromatic N) is 4. The van der Waals surface area contributed by atoms with Crippen LogP contribution in [0, 0.1) is 6.92 Å². The Morgan fingerprint density at radius 1 is 1.09 bits per heavy atom. The summed E-state index contributed by atoms with van der Waals surface area (Å²) in [4.78, 5) is 12.7. The van der Waals surface area contributed by atoms with Crippen LogP contribution in [0.25, 0.3) is 5.69 Å². The minimum absolute atomic E-state index is 0.119. The van der Waals surface area contributed by atoms with E-state index in [1.807, 2.05) is 35.8 Å². The second-order valence-corrected chi connectivity index (χ2v) is 10.5. The fraction of sp³-hybridized carbons (Fsp3) is 0.318. The second-order valence-electron chi connectivity index (χ2n) is 7.65. The smallest absolute Gasteiger partial charge is 0.243 e. The molecule has 0 spiro atoms. The Bertz CT molecular complexity index is 1190. The molecule has 2 aromatic carbocycles. The van der Waals surface area contributed by atoms with Gasteiger partial charge in [-0.3, -0.25) is 9.36 Å². The molecule has 1 aliphatic rings. The maximum Gasteiger partial charge on any atom is 0.243 e. The van der Waals surface area contributed by atoms with Crippen LogP contribution in [0.1, 0.15) is 24.8 Å². The molecule has 0 saturated carbocycles. The van der Waals surface area contributed by atoms with Crippen molar-refractivity contribution in [3.8, 4) is 5.69 Å². The molecule has 0 aliphatic carbocycles. The highest BCUT2D eigenvalue weighted by atomic mass is 32.2. The molecule has 1 amide bonds. The maximum absolute atomic E-state index is 12.9. The Morgan fingerprint density at radius 3 is 2.59 bits per heavy atom. The van der Waals surface area contributed by atoms with E-state index in [2.05, 4.69) is 15.5 Å². The van der Waals surface area contributed by atoms with Gasteiger partial charge < -0.3 is 5.32 Å². The highest BCUT2D eigenvalue weighted by Gasteiger charge is 2.26. The van der Waals surface area contributed by atoms with Crippen LogP contribution in [-0.4, -0.2) is 52.2 Å². The molecule has 0 unspecified atom stereocenters. The fourth-order valence-corrected chi connectivity index (χ4v) is 5.81. The Labute approximate surface area is 192 Å². The van der Waals surface area contributed by atoms with Crippen molar-refractivity contribution >= 4 is 33.4 Å². The molecule has 1 aliphatic heterocycles. The summed E-state index contributed by atoms with van der Waals surface area (Å²) >= 11 is 1.26. The first-order valence-corrected chi connectivity index (χ1v) is 12.9. The van der Waals surface area contributed by atoms with E-state index in [9.17, 15) is 13.2 Å². The summed E-state index contributed by atoms with van der Waals surface area (Å²) in [5.41, 5.74) is 2.52. The molecule has 0 bridgehead atoms. The predicted octanol–water partition coefficient (Wildman–Crippen LogP) is 3.48. The summed E-state index contributed by atoms with van der Waals surface area (Å²) in [5.74, 6) is -0.130. The van der Waals surface area contributed by atoms with Gasteiger partial charge in [0.05, 0.1) is 10.6 Å². The largest absolute Gasteiger partial charge is 0.325 e. The average Bonchev–Trinajstić information content (AvgIpc) is 3.28. The van der Waals surface area contributed by atoms with Gasteiger partial charge in [0.2, 0.25) is 15.9 Å². The minimum atomic E-state index is -3.55. The molecular weight excluding hydrogens is 446 g/mol. The Kier molecular flexibility index (Phi) is 6.92. The number of aromatic nitrogens is 3. The second kappa shape index (κ2) is 9.85. The standard InChI is InChI=1S/C22H25N5O3S2/c1-17-8-10-19(11-9-17)27-16-23-25-22(27)31-15-21(28)24-18-6-5-7-20(14-18)32(29,30)26-12-3-2-4-13-26/h5-11,14,16H,2-4,12-13,15H2,1H3,(H,24,28). The Balaban J connectivity index is 1.40. The van der Waals surface area contributed by atoms with Crippen molar-refractivity contribution in [2.75, 3.05) is 24.2 Å². The van der Waals surface area contributed by atoms with Gasteiger partial charge in [-0.1, -0.05) is 41.9 Å². The zero-order chi connectivity index (χ0) is 22.6. The van der Waals surface area contributed by atoms with E-state index < -0.39 is 10.0 Å². The normalized spacial score (nSPS) is 14.9. The third-order valence-electron chi connectivity index (χ3n) is 5.23. The van der Waals surface area contributed by atoms with E-state index in [4.69, 9.17) is 0 Å². The van der Waals surface area contributed by atoms with Gasteiger partial charge in [-0.2, -0.15) is 4.31 Å². The number of amides is 1. The molecule has 32 heavy (non-hydrogen) atoms. The number of nitrogens with one attached hydrogen (secondary N) is 1. The number of benzene rings is 2. The number of thioether (sulfide) groups is 1. The van der Waals surface area contributed by atoms with E-state index in [1.165, 1.54) is 22.1 Å². The van der Waals surface area contributed by atoms with Crippen molar-refractivity contribution in [3.05, 3.63) is 60.4 Å². The zero-order valence-corrected chi connectivity index (χ0v) is 19.4. The van der Waals surface area contributed by atoms with Crippen LogP contribution in [0.5, 0.6) is 0 Å². The van der Waals surface area contributed by atoms with Crippen molar-refractivity contribution in [1.82, 2.24) is 19.1 Å². The molecule has 2 heterocycles. The fourth-order valence-electron chi connectivity index (χ4n) is 3.52. The topological polar surface area (TPSA) is 97.2 Å². The van der Waals surface area contributed by atoms with Crippen LogP contribution in [-0.2, 0) is 14.8 Å². The van der Waals surface area contributed by atoms with Gasteiger partial charge >= 0.3 is 0 Å². The SMILES string of the molecule is Cc1ccc(-n2cnnc2SCC(=O)Nc2cccc(S(=O)(=O)N3CCCCC3)c2)cc1. The van der Waals surface area contributed by atoms with Crippen LogP contribution in [0.15, 0.2) is 64.9 Å². The van der Waals surface area contributed by atoms with Crippen molar-refractivity contribution in [3.63, 3.8) is 0 Å². The van der Waals surface area contributed by atoms with E-state index in [1.54, 1.807) is 24.5 Å². The first-order valence-electron chi connectivity index (χ1n) is 10.4. The summed E-state index contributed by atoms with van der Waals surface area (Å²) in [5, 5.41) is 11.4. The number of hydrogen-bond acceptors (Lipinski definition) is 6. The third kappa shape index (κ3) is 5.20. The monoisotopic (exact) mass is 471 g/mol. The molecule has 8 nitrogen and oxygen atoms in total. The lowest BCUT2D eigenvalue weighted by Gasteiger charge is -2.26. The molecule has 1 saturated heterocycles. The number of piperidine rings is 1. The van der Waals surface area contributed by atoms with E-state index in [-0.39, 0.29) is 16.6 Å². The average molecular weight is 472 g/mol. The molecule has 1 aromatic heterocycles. The Hall–Kier alpha value is -2.69. The summed E-state index contributed by atoms with van der Waals surface area (Å²) in [7, 11) is -3.55. The molecule has 168 valence electrons. The predicted molar refractivity (Wildman–Crippen MR) is 125 cm³/mol. The number of anilines is 1. The molecule has 0 radical (unpaired) electrons. The number of sulfonamides is 1. The minimum Gasteiger partial charge on any atom is -0.325 e. The van der Waals surface area contributed by atoms with Crippen LogP contribution in [0.2, 0.25) is 0 Å². The van der Waals surface area contributed by atoms with Gasteiger partial charge in [0, 0.05) is 24.5 Å². The maximum atomic E-state index is 12.9. The molecule has 3 aromatic rings. The van der Waals surface area contributed by atoms with Crippen molar-refractivity contribution in [2.24, 2.45) is 0 Å². The van der Waals surface area contributed by atoms with Crippen LogP contribution in [0.3, 0.4) is 0 Å². The van der Waals surface area contributed by atoms with Gasteiger partial charge in [-0.25, -0.2) is 8.42 Å². The highest BCUT2D eigenvalue weighted by Crippen LogP contribution is 2.24. The van der Waals surface area contributed by atoms with E-state index >= 15 is 0 Å². The number of carbonyl (C=O) groups is 1. The Morgan fingerprint density at radius 2 is 1.84 bits per heavy atom. The number of aryl methyl sites for hydroxylation is 1. The quantitative estimate of drug-likeness (QED) is 0.530. The molecule has 0 atom stereocenters. The van der Waals surface area contributed by atoms with Crippen molar-refractivity contribution < 1.29 is 13.2 Å². The van der Waals surface area contributed by atoms with Crippen LogP contribution in [0.4, 0.5) is 5.69 Å². The van der Waals surface area contributed by atoms with Gasteiger partial charge in [0.15, 0.2) is 5.16 Å². The number of rotatable bonds is 7. The van der Waals surface area contributed by atoms with Crippen molar-refractivity contribution in [2.45, 2.75) is 36.2 Å². The summed E-state index contributed by atoms with van der Waals surface area (Å²) in [6.45, 7) is 3.09. The lowest BCUT2D eigenvalue weighted by Crippen LogP contribution is -2.35. The van der Waals surface area contributed by atoms with E-state index in [0.717, 1.165) is 30.5 Å². The number of hydrogen-bond donors (Lipinski definition) is 1. The van der Waals surface area contributed by atoms with Gasteiger partial charge in [0.1, 0.15) is 6.33 Å². The third-order valence-corrected chi connectivity index (χ3v) is 8.07. The summed E-state index contributed by atoms with van der Waals surface area (Å²) in [6.07, 6.45) is 4.41. The summed E-state index contributed by atoms with van der Waals surface area (Å²) in [6, 6.07) is 14.4. The van der Waals surface area contributed by atoms with Crippen LogP contribution < -0.4 is 5.32 Å². The van der Waals surface area contributed by atoms with Gasteiger partial charge in [0.25, 0.3) is 0 Å². The van der Waals surface area contributed by atoms with Crippen molar-refractivity contribution in [1.29, 1.82) is 0 Å². The number of carbonyl (C=O) groups excluding carboxylic acids is 1. The lowest BCUT2D eigenvalue weighted by atomic mass is 10.2. The molecule has 4 rings (SSSR count). The van der Waals surface area contributed by atoms with Gasteiger partial charge in [-0.05, 0) is 50.1 Å². The molecule has 10 heteroatoms. The van der Waals surface area contributed by atoms with Crippen LogP contribution >= 0.6 is 11.8 Å². The molecule has 1 N–H and O–H groups in total. The summed E-state index contributed by atoms with van der Waals surface area (Å²) < 4.78 is 29.1. The first kappa shape index (κ1) is 22.5. The molecule has 1 fully saturated rings. The lowest BCUT2D eigenvalue weighted by molar-refractivity contribution is -0.113. The zero-order valence-electron chi connectivity index (χ0n) is 17.8. The van der Waals surface area contributed by atoms with Gasteiger partial charge in [-0.15, -0.1) is 10.2 Å².